The fraction of sp³-hybridized carbons (Fsp3) is 0.360. The van der Waals surface area contributed by atoms with E-state index < -0.39 is 0 Å². The number of amides is 2. The Labute approximate surface area is 184 Å². The summed E-state index contributed by atoms with van der Waals surface area (Å²) in [7, 11) is 0. The molecule has 1 fully saturated rings. The Hall–Kier alpha value is -3.28. The second-order valence-corrected chi connectivity index (χ2v) is 8.03. The van der Waals surface area contributed by atoms with Gasteiger partial charge in [-0.3, -0.25) is 9.59 Å². The standard InChI is InChI=1S/C25H31N3O3/c1-18(2)17-31-23-11-7-6-10-22(23)26-16-24(29)27-21-14-12-19(13-15-21)25(30)28-20-8-4-3-5-9-20/h6-7,10-15,20,26H,1,3-5,8-9,16-17H2,2H3,(H,27,29)(H,28,30). The number of anilines is 2. The zero-order chi connectivity index (χ0) is 22.1. The van der Waals surface area contributed by atoms with Crippen LogP contribution in [0.1, 0.15) is 49.4 Å². The first kappa shape index (κ1) is 22.4. The topological polar surface area (TPSA) is 79.5 Å². The summed E-state index contributed by atoms with van der Waals surface area (Å²) in [5, 5.41) is 9.05. The van der Waals surface area contributed by atoms with Gasteiger partial charge in [0.1, 0.15) is 12.4 Å². The van der Waals surface area contributed by atoms with E-state index in [0.29, 0.717) is 23.6 Å². The summed E-state index contributed by atoms with van der Waals surface area (Å²) in [6, 6.07) is 14.7. The van der Waals surface area contributed by atoms with E-state index in [4.69, 9.17) is 4.74 Å². The molecule has 6 heteroatoms. The van der Waals surface area contributed by atoms with E-state index in [2.05, 4.69) is 22.5 Å². The first-order valence-corrected chi connectivity index (χ1v) is 10.8. The molecule has 0 aliphatic heterocycles. The smallest absolute Gasteiger partial charge is 0.251 e. The summed E-state index contributed by atoms with van der Waals surface area (Å²) < 4.78 is 5.71. The fourth-order valence-electron chi connectivity index (χ4n) is 3.54. The number of para-hydroxylation sites is 2. The lowest BCUT2D eigenvalue weighted by molar-refractivity contribution is -0.114. The number of hydrogen-bond acceptors (Lipinski definition) is 4. The van der Waals surface area contributed by atoms with Crippen molar-refractivity contribution in [3.63, 3.8) is 0 Å². The van der Waals surface area contributed by atoms with Gasteiger partial charge in [0.05, 0.1) is 12.2 Å². The molecule has 0 saturated heterocycles. The fourth-order valence-corrected chi connectivity index (χ4v) is 3.54. The lowest BCUT2D eigenvalue weighted by Gasteiger charge is -2.22. The third kappa shape index (κ3) is 7.17. The van der Waals surface area contributed by atoms with Crippen LogP contribution in [0.5, 0.6) is 5.75 Å². The van der Waals surface area contributed by atoms with Crippen LogP contribution in [-0.4, -0.2) is 31.0 Å². The van der Waals surface area contributed by atoms with Crippen molar-refractivity contribution in [1.29, 1.82) is 0 Å². The monoisotopic (exact) mass is 421 g/mol. The van der Waals surface area contributed by atoms with Crippen LogP contribution in [-0.2, 0) is 4.79 Å². The van der Waals surface area contributed by atoms with Gasteiger partial charge < -0.3 is 20.7 Å². The Morgan fingerprint density at radius 1 is 1.03 bits per heavy atom. The molecule has 0 spiro atoms. The van der Waals surface area contributed by atoms with Crippen LogP contribution in [0.25, 0.3) is 0 Å². The van der Waals surface area contributed by atoms with Crippen LogP contribution >= 0.6 is 0 Å². The summed E-state index contributed by atoms with van der Waals surface area (Å²) in [6.07, 6.45) is 5.70. The van der Waals surface area contributed by atoms with Gasteiger partial charge in [-0.1, -0.05) is 38.0 Å². The average molecular weight is 422 g/mol. The molecule has 0 aromatic heterocycles. The van der Waals surface area contributed by atoms with E-state index in [9.17, 15) is 9.59 Å². The maximum absolute atomic E-state index is 12.4. The molecule has 3 N–H and O–H groups in total. The highest BCUT2D eigenvalue weighted by Gasteiger charge is 2.16. The predicted molar refractivity (Wildman–Crippen MR) is 125 cm³/mol. The van der Waals surface area contributed by atoms with Crippen molar-refractivity contribution < 1.29 is 14.3 Å². The minimum Gasteiger partial charge on any atom is -0.487 e. The molecule has 2 amide bonds. The third-order valence-electron chi connectivity index (χ3n) is 5.17. The Bertz CT molecular complexity index is 902. The van der Waals surface area contributed by atoms with Crippen molar-refractivity contribution in [3.8, 4) is 5.75 Å². The quantitative estimate of drug-likeness (QED) is 0.510. The number of benzene rings is 2. The minimum absolute atomic E-state index is 0.0576. The minimum atomic E-state index is -0.186. The second kappa shape index (κ2) is 11.2. The molecule has 6 nitrogen and oxygen atoms in total. The van der Waals surface area contributed by atoms with E-state index >= 15 is 0 Å². The van der Waals surface area contributed by atoms with Gasteiger partial charge in [-0.15, -0.1) is 0 Å². The number of rotatable bonds is 9. The third-order valence-corrected chi connectivity index (χ3v) is 5.17. The molecule has 3 rings (SSSR count). The van der Waals surface area contributed by atoms with Crippen molar-refractivity contribution in [2.75, 3.05) is 23.8 Å². The molecule has 1 saturated carbocycles. The molecule has 1 aliphatic carbocycles. The first-order valence-electron chi connectivity index (χ1n) is 10.8. The Morgan fingerprint density at radius 2 is 1.74 bits per heavy atom. The molecule has 1 aliphatic rings. The summed E-state index contributed by atoms with van der Waals surface area (Å²) in [4.78, 5) is 24.7. The molecular formula is C25H31N3O3. The SMILES string of the molecule is C=C(C)COc1ccccc1NCC(=O)Nc1ccc(C(=O)NC2CCCCC2)cc1. The molecule has 0 bridgehead atoms. The van der Waals surface area contributed by atoms with Gasteiger partial charge in [-0.25, -0.2) is 0 Å². The summed E-state index contributed by atoms with van der Waals surface area (Å²) in [5.74, 6) is 0.429. The van der Waals surface area contributed by atoms with Crippen molar-refractivity contribution >= 4 is 23.2 Å². The van der Waals surface area contributed by atoms with Crippen LogP contribution in [0.4, 0.5) is 11.4 Å². The molecule has 2 aromatic rings. The number of ether oxygens (including phenoxy) is 1. The summed E-state index contributed by atoms with van der Waals surface area (Å²) >= 11 is 0. The molecule has 0 radical (unpaired) electrons. The van der Waals surface area contributed by atoms with E-state index in [1.165, 1.54) is 19.3 Å². The van der Waals surface area contributed by atoms with E-state index in [-0.39, 0.29) is 24.4 Å². The van der Waals surface area contributed by atoms with Crippen LogP contribution in [0, 0.1) is 0 Å². The van der Waals surface area contributed by atoms with Crippen molar-refractivity contribution in [3.05, 3.63) is 66.2 Å². The molecule has 0 unspecified atom stereocenters. The summed E-state index contributed by atoms with van der Waals surface area (Å²) in [5.41, 5.74) is 2.91. The zero-order valence-corrected chi connectivity index (χ0v) is 18.1. The summed E-state index contributed by atoms with van der Waals surface area (Å²) in [6.45, 7) is 6.25. The number of hydrogen-bond donors (Lipinski definition) is 3. The maximum Gasteiger partial charge on any atom is 0.251 e. The lowest BCUT2D eigenvalue weighted by Crippen LogP contribution is -2.36. The van der Waals surface area contributed by atoms with Crippen LogP contribution < -0.4 is 20.7 Å². The van der Waals surface area contributed by atoms with Gasteiger partial charge in [-0.2, -0.15) is 0 Å². The Morgan fingerprint density at radius 3 is 2.45 bits per heavy atom. The molecule has 164 valence electrons. The normalized spacial score (nSPS) is 13.8. The lowest BCUT2D eigenvalue weighted by atomic mass is 9.95. The van der Waals surface area contributed by atoms with E-state index in [0.717, 1.165) is 24.1 Å². The van der Waals surface area contributed by atoms with Gasteiger partial charge >= 0.3 is 0 Å². The van der Waals surface area contributed by atoms with Crippen LogP contribution in [0.15, 0.2) is 60.7 Å². The molecule has 2 aromatic carbocycles. The van der Waals surface area contributed by atoms with Gasteiger partial charge in [-0.05, 0) is 61.7 Å². The van der Waals surface area contributed by atoms with Gasteiger partial charge in [0.2, 0.25) is 5.91 Å². The number of nitrogens with one attached hydrogen (secondary N) is 3. The van der Waals surface area contributed by atoms with Gasteiger partial charge in [0.15, 0.2) is 0 Å². The molecular weight excluding hydrogens is 390 g/mol. The molecule has 31 heavy (non-hydrogen) atoms. The second-order valence-electron chi connectivity index (χ2n) is 8.03. The Balaban J connectivity index is 1.48. The van der Waals surface area contributed by atoms with Crippen molar-refractivity contribution in [1.82, 2.24) is 5.32 Å². The molecule has 0 atom stereocenters. The van der Waals surface area contributed by atoms with E-state index in [1.807, 2.05) is 31.2 Å². The number of carbonyl (C=O) groups is 2. The van der Waals surface area contributed by atoms with Crippen LogP contribution in [0.2, 0.25) is 0 Å². The highest BCUT2D eigenvalue weighted by molar-refractivity contribution is 5.96. The first-order chi connectivity index (χ1) is 15.0. The van der Waals surface area contributed by atoms with Gasteiger partial charge in [0, 0.05) is 17.3 Å². The maximum atomic E-state index is 12.4. The molecule has 0 heterocycles. The highest BCUT2D eigenvalue weighted by Crippen LogP contribution is 2.24. The van der Waals surface area contributed by atoms with Gasteiger partial charge in [0.25, 0.3) is 5.91 Å². The largest absolute Gasteiger partial charge is 0.487 e. The zero-order valence-electron chi connectivity index (χ0n) is 18.1. The highest BCUT2D eigenvalue weighted by atomic mass is 16.5. The van der Waals surface area contributed by atoms with E-state index in [1.54, 1.807) is 24.3 Å². The predicted octanol–water partition coefficient (Wildman–Crippen LogP) is 4.75. The van der Waals surface area contributed by atoms with Crippen molar-refractivity contribution in [2.24, 2.45) is 0 Å². The Kier molecular flexibility index (Phi) is 8.10. The van der Waals surface area contributed by atoms with Crippen molar-refractivity contribution in [2.45, 2.75) is 45.1 Å². The number of carbonyl (C=O) groups excluding carboxylic acids is 2. The van der Waals surface area contributed by atoms with Crippen LogP contribution in [0.3, 0.4) is 0 Å². The average Bonchev–Trinajstić information content (AvgIpc) is 2.78.